The fourth-order valence-electron chi connectivity index (χ4n) is 4.82. The minimum Gasteiger partial charge on any atom is -0.350 e. The second-order valence-electron chi connectivity index (χ2n) is 10.5. The predicted molar refractivity (Wildman–Crippen MR) is 162 cm³/mol. The van der Waals surface area contributed by atoms with Crippen molar-refractivity contribution < 1.29 is 13.0 Å². The molecule has 0 spiro atoms. The largest absolute Gasteiger partial charge is 0.350 e. The van der Waals surface area contributed by atoms with E-state index in [-0.39, 0.29) is 23.4 Å². The number of hydrogen-bond donors (Lipinski definition) is 3. The van der Waals surface area contributed by atoms with Crippen molar-refractivity contribution in [2.45, 2.75) is 44.2 Å². The molecule has 5 rings (SSSR count). The minimum absolute atomic E-state index is 0.0724. The summed E-state index contributed by atoms with van der Waals surface area (Å²) in [5.41, 5.74) is 4.56. The van der Waals surface area contributed by atoms with Gasteiger partial charge in [0.1, 0.15) is 17.5 Å². The Morgan fingerprint density at radius 3 is 2.63 bits per heavy atom. The highest BCUT2D eigenvalue weighted by Gasteiger charge is 2.22. The average Bonchev–Trinajstić information content (AvgIpc) is 2.93. The van der Waals surface area contributed by atoms with Crippen LogP contribution in [0.2, 0.25) is 0 Å². The zero-order valence-electron chi connectivity index (χ0n) is 22.8. The van der Waals surface area contributed by atoms with E-state index in [1.165, 1.54) is 12.1 Å². The Balaban J connectivity index is 1.38. The molecule has 11 heteroatoms. The van der Waals surface area contributed by atoms with Crippen molar-refractivity contribution >= 4 is 43.9 Å². The first-order chi connectivity index (χ1) is 19.6. The van der Waals surface area contributed by atoms with Crippen LogP contribution in [0.15, 0.2) is 54.7 Å². The number of alkyl halides is 1. The minimum atomic E-state index is -2.90. The van der Waals surface area contributed by atoms with E-state index in [9.17, 15) is 8.60 Å². The van der Waals surface area contributed by atoms with E-state index in [4.69, 9.17) is 16.5 Å². The fraction of sp³-hybridized carbons (Fsp3) is 0.300. The van der Waals surface area contributed by atoms with E-state index in [1.807, 2.05) is 19.9 Å². The molecule has 2 aromatic carbocycles. The third-order valence-corrected chi connectivity index (χ3v) is 8.25. The summed E-state index contributed by atoms with van der Waals surface area (Å²) in [4.78, 5) is 17.1. The van der Waals surface area contributed by atoms with E-state index < -0.39 is 21.7 Å². The van der Waals surface area contributed by atoms with Crippen LogP contribution >= 0.6 is 0 Å². The Labute approximate surface area is 238 Å². The number of aromatic nitrogens is 3. The van der Waals surface area contributed by atoms with Gasteiger partial charge in [0.15, 0.2) is 5.69 Å². The Morgan fingerprint density at radius 2 is 1.95 bits per heavy atom. The molecule has 1 aliphatic rings. The van der Waals surface area contributed by atoms with E-state index in [2.05, 4.69) is 31.1 Å². The second kappa shape index (κ2) is 11.8. The molecule has 3 atom stereocenters. The lowest BCUT2D eigenvalue weighted by Crippen LogP contribution is -2.44. The van der Waals surface area contributed by atoms with Gasteiger partial charge in [0.2, 0.25) is 5.95 Å². The maximum Gasteiger partial charge on any atom is 0.223 e. The first-order valence-corrected chi connectivity index (χ1v) is 15.2. The molecular weight excluding hydrogens is 544 g/mol. The van der Waals surface area contributed by atoms with Crippen LogP contribution in [0.3, 0.4) is 0 Å². The monoisotopic (exact) mass is 575 g/mol. The van der Waals surface area contributed by atoms with Gasteiger partial charge in [-0.3, -0.25) is 0 Å². The lowest BCUT2D eigenvalue weighted by Gasteiger charge is -2.26. The van der Waals surface area contributed by atoms with Gasteiger partial charge < -0.3 is 15.4 Å². The van der Waals surface area contributed by atoms with Gasteiger partial charge in [-0.1, -0.05) is 44.2 Å². The number of fused-ring (bicyclic) bond motifs is 1. The molecule has 1 unspecified atom stereocenters. The average molecular weight is 576 g/mol. The topological polar surface area (TPSA) is 96.2 Å². The van der Waals surface area contributed by atoms with E-state index >= 15 is 4.39 Å². The van der Waals surface area contributed by atoms with Crippen LogP contribution in [0.5, 0.6) is 0 Å². The molecule has 3 N–H and O–H groups in total. The molecule has 0 aliphatic carbocycles. The molecular formula is C30H31F2N7OS. The van der Waals surface area contributed by atoms with E-state index in [1.54, 1.807) is 36.5 Å². The van der Waals surface area contributed by atoms with Gasteiger partial charge in [-0.05, 0) is 41.1 Å². The molecule has 1 fully saturated rings. The van der Waals surface area contributed by atoms with Gasteiger partial charge in [-0.25, -0.2) is 32.8 Å². The van der Waals surface area contributed by atoms with Gasteiger partial charge >= 0.3 is 0 Å². The molecule has 0 amide bonds. The summed E-state index contributed by atoms with van der Waals surface area (Å²) in [6.07, 6.45) is 1.10. The van der Waals surface area contributed by atoms with Gasteiger partial charge in [0.05, 0.1) is 35.4 Å². The lowest BCUT2D eigenvalue weighted by molar-refractivity contribution is 0.254. The molecule has 0 bridgehead atoms. The van der Waals surface area contributed by atoms with Crippen molar-refractivity contribution in [1.82, 2.24) is 20.3 Å². The van der Waals surface area contributed by atoms with Crippen molar-refractivity contribution in [3.63, 3.8) is 0 Å². The van der Waals surface area contributed by atoms with Crippen LogP contribution in [0.1, 0.15) is 37.3 Å². The standard InChI is InChI=1S/C30H31F2N7OS/c1-18(2)24-13-27(37-28-16-35-30(38-29(24)28)36-23-12-21(31)14-34-15-23)20-7-10-26(25(32)11-20)39-41(4,40)17-19-5-8-22(33-3)9-6-19/h5-11,13,16,18,21,23,34H,4,12,14-15,17H2,1-2H3,(H,39,40)(H,35,36,38)/t21-,23-,41?/m0/s1. The van der Waals surface area contributed by atoms with Crippen molar-refractivity contribution in [1.29, 1.82) is 0 Å². The zero-order chi connectivity index (χ0) is 29.1. The fourth-order valence-corrected chi connectivity index (χ4v) is 6.19. The SMILES string of the molecule is [C-]#[N+]c1ccc(CS(=C)(=O)Nc2ccc(-c3cc(C(C)C)c4nc(N[C@@H]5CNC[C@@H](F)C5)ncc4n3)cc2F)cc1. The zero-order valence-corrected chi connectivity index (χ0v) is 23.6. The molecule has 8 nitrogen and oxygen atoms in total. The molecule has 1 saturated heterocycles. The summed E-state index contributed by atoms with van der Waals surface area (Å²) < 4.78 is 44.9. The van der Waals surface area contributed by atoms with Crippen molar-refractivity contribution in [3.05, 3.63) is 83.1 Å². The highest BCUT2D eigenvalue weighted by atomic mass is 32.2. The Kier molecular flexibility index (Phi) is 8.15. The maximum absolute atomic E-state index is 15.2. The summed E-state index contributed by atoms with van der Waals surface area (Å²) in [6, 6.07) is 13.1. The third-order valence-electron chi connectivity index (χ3n) is 6.85. The van der Waals surface area contributed by atoms with Crippen molar-refractivity contribution in [2.24, 2.45) is 0 Å². The quantitative estimate of drug-likeness (QED) is 0.180. The summed E-state index contributed by atoms with van der Waals surface area (Å²) in [6.45, 7) is 12.1. The number of piperidine rings is 1. The van der Waals surface area contributed by atoms with Gasteiger partial charge in [-0.15, -0.1) is 0 Å². The summed E-state index contributed by atoms with van der Waals surface area (Å²) in [7, 11) is -2.90. The van der Waals surface area contributed by atoms with Crippen molar-refractivity contribution in [2.75, 3.05) is 23.1 Å². The smallest absolute Gasteiger partial charge is 0.223 e. The van der Waals surface area contributed by atoms with Crippen LogP contribution in [0, 0.1) is 12.4 Å². The number of hydrogen-bond acceptors (Lipinski definition) is 6. The maximum atomic E-state index is 15.2. The highest BCUT2D eigenvalue weighted by molar-refractivity contribution is 8.00. The Hall–Kier alpha value is -4.14. The van der Waals surface area contributed by atoms with Crippen LogP contribution in [-0.4, -0.2) is 50.3 Å². The normalized spacial score (nSPS) is 18.5. The molecule has 0 saturated carbocycles. The number of benzene rings is 2. The Morgan fingerprint density at radius 1 is 1.17 bits per heavy atom. The third kappa shape index (κ3) is 6.78. The molecule has 2 aromatic heterocycles. The Bertz CT molecular complexity index is 1720. The van der Waals surface area contributed by atoms with Crippen LogP contribution in [0.25, 0.3) is 27.1 Å². The molecule has 3 heterocycles. The van der Waals surface area contributed by atoms with Gasteiger partial charge in [0, 0.05) is 40.8 Å². The van der Waals surface area contributed by atoms with Crippen LogP contribution < -0.4 is 15.4 Å². The number of rotatable bonds is 8. The summed E-state index contributed by atoms with van der Waals surface area (Å²) in [5, 5.41) is 6.28. The van der Waals surface area contributed by atoms with Crippen molar-refractivity contribution in [3.8, 4) is 11.3 Å². The summed E-state index contributed by atoms with van der Waals surface area (Å²) in [5.74, 6) is 3.78. The van der Waals surface area contributed by atoms with E-state index in [0.717, 1.165) is 11.1 Å². The van der Waals surface area contributed by atoms with Crippen LogP contribution in [0.4, 0.5) is 26.1 Å². The number of pyridine rings is 1. The van der Waals surface area contributed by atoms with Gasteiger partial charge in [0.25, 0.3) is 0 Å². The van der Waals surface area contributed by atoms with E-state index in [0.29, 0.717) is 53.4 Å². The molecule has 4 aromatic rings. The van der Waals surface area contributed by atoms with Gasteiger partial charge in [-0.2, -0.15) is 0 Å². The summed E-state index contributed by atoms with van der Waals surface area (Å²) >= 11 is 0. The number of nitrogens with one attached hydrogen (secondary N) is 3. The molecule has 1 aliphatic heterocycles. The van der Waals surface area contributed by atoms with Crippen LogP contribution in [-0.2, 0) is 15.5 Å². The number of halogens is 2. The predicted octanol–water partition coefficient (Wildman–Crippen LogP) is 5.86. The molecule has 0 radical (unpaired) electrons. The first kappa shape index (κ1) is 28.4. The first-order valence-electron chi connectivity index (χ1n) is 13.3. The molecule has 41 heavy (non-hydrogen) atoms. The number of anilines is 2. The number of nitrogens with zero attached hydrogens (tertiary/aromatic N) is 4. The highest BCUT2D eigenvalue weighted by Crippen LogP contribution is 2.31. The lowest BCUT2D eigenvalue weighted by atomic mass is 9.99. The second-order valence-corrected chi connectivity index (χ2v) is 12.7. The molecule has 212 valence electrons.